The number of nitrogens with two attached hydrogens (primary N) is 2. The molecule has 10 heteroatoms. The van der Waals surface area contributed by atoms with Crippen molar-refractivity contribution in [3.8, 4) is 0 Å². The summed E-state index contributed by atoms with van der Waals surface area (Å²) in [6.07, 6.45) is 1.65. The molecule has 8 N–H and O–H groups in total. The fourth-order valence-electron chi connectivity index (χ4n) is 1.84. The fraction of sp³-hybridized carbons (Fsp3) is 0.733. The molecule has 4 unspecified atom stereocenters. The molecular formula is C15H29N5O5. The first kappa shape index (κ1) is 22.8. The molecule has 0 saturated carbocycles. The lowest BCUT2D eigenvalue weighted by Crippen LogP contribution is -2.55. The van der Waals surface area contributed by atoms with Crippen LogP contribution in [0, 0.1) is 0 Å². The number of hydrogen-bond donors (Lipinski definition) is 6. The van der Waals surface area contributed by atoms with E-state index in [0.717, 1.165) is 0 Å². The van der Waals surface area contributed by atoms with E-state index in [-0.39, 0.29) is 0 Å². The monoisotopic (exact) mass is 359 g/mol. The van der Waals surface area contributed by atoms with Crippen molar-refractivity contribution in [1.29, 1.82) is 0 Å². The third kappa shape index (κ3) is 9.01. The number of carbonyl (C=O) groups excluding carboxylic acids is 3. The van der Waals surface area contributed by atoms with Crippen LogP contribution in [0.5, 0.6) is 0 Å². The Hall–Kier alpha value is -2.20. The average Bonchev–Trinajstić information content (AvgIpc) is 2.53. The summed E-state index contributed by atoms with van der Waals surface area (Å²) in [5.74, 6) is -2.85. The van der Waals surface area contributed by atoms with Gasteiger partial charge in [0.15, 0.2) is 0 Å². The normalized spacial score (nSPS) is 15.4. The van der Waals surface area contributed by atoms with Gasteiger partial charge in [-0.15, -0.1) is 0 Å². The first-order chi connectivity index (χ1) is 11.6. The molecular weight excluding hydrogens is 330 g/mol. The van der Waals surface area contributed by atoms with Crippen LogP contribution in [0.1, 0.15) is 40.0 Å². The van der Waals surface area contributed by atoms with Crippen LogP contribution >= 0.6 is 0 Å². The minimum absolute atomic E-state index is 0.349. The maximum absolute atomic E-state index is 12.3. The summed E-state index contributed by atoms with van der Waals surface area (Å²) in [5.41, 5.74) is 10.9. The Labute approximate surface area is 147 Å². The second kappa shape index (κ2) is 11.4. The first-order valence-corrected chi connectivity index (χ1v) is 8.19. The summed E-state index contributed by atoms with van der Waals surface area (Å²) in [4.78, 5) is 46.7. The van der Waals surface area contributed by atoms with Crippen molar-refractivity contribution >= 4 is 23.7 Å². The summed E-state index contributed by atoms with van der Waals surface area (Å²) in [5, 5.41) is 16.0. The number of rotatable bonds is 11. The summed E-state index contributed by atoms with van der Waals surface area (Å²) in [7, 11) is 0. The third-order valence-corrected chi connectivity index (χ3v) is 3.47. The van der Waals surface area contributed by atoms with Crippen molar-refractivity contribution in [3.63, 3.8) is 0 Å². The number of carboxylic acid groups (broad SMARTS) is 1. The van der Waals surface area contributed by atoms with Crippen LogP contribution in [-0.2, 0) is 19.2 Å². The molecule has 0 saturated heterocycles. The summed E-state index contributed by atoms with van der Waals surface area (Å²) in [6, 6.07) is -3.66. The summed E-state index contributed by atoms with van der Waals surface area (Å²) >= 11 is 0. The van der Waals surface area contributed by atoms with Gasteiger partial charge in [-0.3, -0.25) is 19.2 Å². The number of amides is 3. The van der Waals surface area contributed by atoms with Crippen molar-refractivity contribution in [2.45, 2.75) is 64.2 Å². The number of unbranched alkanes of at least 4 members (excludes halogenated alkanes) is 1. The highest BCUT2D eigenvalue weighted by Gasteiger charge is 2.26. The minimum atomic E-state index is -1.18. The van der Waals surface area contributed by atoms with E-state index < -0.39 is 47.9 Å². The molecule has 0 aromatic carbocycles. The summed E-state index contributed by atoms with van der Waals surface area (Å²) < 4.78 is 0. The van der Waals surface area contributed by atoms with E-state index in [9.17, 15) is 19.2 Å². The molecule has 144 valence electrons. The molecule has 0 rings (SSSR count). The molecule has 25 heavy (non-hydrogen) atoms. The molecule has 10 nitrogen and oxygen atoms in total. The van der Waals surface area contributed by atoms with Gasteiger partial charge >= 0.3 is 5.97 Å². The van der Waals surface area contributed by atoms with Crippen LogP contribution in [0.15, 0.2) is 0 Å². The molecule has 0 bridgehead atoms. The second-order valence-electron chi connectivity index (χ2n) is 5.93. The quantitative estimate of drug-likeness (QED) is 0.232. The smallest absolute Gasteiger partial charge is 0.325 e. The third-order valence-electron chi connectivity index (χ3n) is 3.47. The number of carboxylic acids is 1. The van der Waals surface area contributed by atoms with Gasteiger partial charge in [-0.05, 0) is 46.6 Å². The standard InChI is InChI=1S/C15H29N5O5/c1-8(17)12(21)20-11(6-4-5-7-16)14(23)18-9(2)13(22)19-10(3)15(24)25/h8-11H,4-7,16-17H2,1-3H3,(H,18,23)(H,19,22)(H,20,21)(H,24,25). The SMILES string of the molecule is CC(N)C(=O)NC(CCCCN)C(=O)NC(C)C(=O)NC(C)C(=O)O. The van der Waals surface area contributed by atoms with E-state index in [4.69, 9.17) is 16.6 Å². The Kier molecular flexibility index (Phi) is 10.4. The molecule has 4 atom stereocenters. The van der Waals surface area contributed by atoms with Gasteiger partial charge < -0.3 is 32.5 Å². The maximum atomic E-state index is 12.3. The van der Waals surface area contributed by atoms with Crippen LogP contribution in [0.2, 0.25) is 0 Å². The number of carbonyl (C=O) groups is 4. The number of nitrogens with one attached hydrogen (secondary N) is 3. The van der Waals surface area contributed by atoms with Gasteiger partial charge in [0, 0.05) is 0 Å². The van der Waals surface area contributed by atoms with Crippen LogP contribution in [0.25, 0.3) is 0 Å². The van der Waals surface area contributed by atoms with Gasteiger partial charge in [0.1, 0.15) is 18.1 Å². The Balaban J connectivity index is 4.78. The molecule has 0 radical (unpaired) electrons. The average molecular weight is 359 g/mol. The lowest BCUT2D eigenvalue weighted by molar-refractivity contribution is -0.141. The van der Waals surface area contributed by atoms with Gasteiger partial charge in [-0.2, -0.15) is 0 Å². The number of aliphatic carboxylic acids is 1. The number of hydrogen-bond acceptors (Lipinski definition) is 6. The van der Waals surface area contributed by atoms with Crippen LogP contribution < -0.4 is 27.4 Å². The molecule has 0 heterocycles. The highest BCUT2D eigenvalue weighted by atomic mass is 16.4. The lowest BCUT2D eigenvalue weighted by Gasteiger charge is -2.22. The van der Waals surface area contributed by atoms with Crippen molar-refractivity contribution in [2.24, 2.45) is 11.5 Å². The Morgan fingerprint density at radius 1 is 0.880 bits per heavy atom. The van der Waals surface area contributed by atoms with Crippen molar-refractivity contribution < 1.29 is 24.3 Å². The van der Waals surface area contributed by atoms with E-state index in [0.29, 0.717) is 25.8 Å². The van der Waals surface area contributed by atoms with Crippen molar-refractivity contribution in [1.82, 2.24) is 16.0 Å². The largest absolute Gasteiger partial charge is 0.480 e. The van der Waals surface area contributed by atoms with Crippen molar-refractivity contribution in [3.05, 3.63) is 0 Å². The highest BCUT2D eigenvalue weighted by molar-refractivity contribution is 5.93. The Morgan fingerprint density at radius 3 is 1.92 bits per heavy atom. The van der Waals surface area contributed by atoms with Gasteiger partial charge in [0.05, 0.1) is 6.04 Å². The Morgan fingerprint density at radius 2 is 1.44 bits per heavy atom. The fourth-order valence-corrected chi connectivity index (χ4v) is 1.84. The molecule has 3 amide bonds. The van der Waals surface area contributed by atoms with Gasteiger partial charge in [0.2, 0.25) is 17.7 Å². The topological polar surface area (TPSA) is 177 Å². The van der Waals surface area contributed by atoms with E-state index in [1.54, 1.807) is 0 Å². The van der Waals surface area contributed by atoms with Crippen LogP contribution in [0.3, 0.4) is 0 Å². The molecule has 0 aromatic heterocycles. The predicted molar refractivity (Wildman–Crippen MR) is 91.3 cm³/mol. The Bertz CT molecular complexity index is 483. The molecule has 0 aliphatic heterocycles. The van der Waals surface area contributed by atoms with Crippen LogP contribution in [0.4, 0.5) is 0 Å². The molecule has 0 spiro atoms. The predicted octanol–water partition coefficient (Wildman–Crippen LogP) is -1.96. The zero-order chi connectivity index (χ0) is 19.6. The van der Waals surface area contributed by atoms with Crippen LogP contribution in [-0.4, -0.2) is 59.5 Å². The summed E-state index contributed by atoms with van der Waals surface area (Å²) in [6.45, 7) is 4.69. The van der Waals surface area contributed by atoms with E-state index in [1.165, 1.54) is 20.8 Å². The van der Waals surface area contributed by atoms with Gasteiger partial charge in [-0.25, -0.2) is 0 Å². The van der Waals surface area contributed by atoms with E-state index in [2.05, 4.69) is 16.0 Å². The highest BCUT2D eigenvalue weighted by Crippen LogP contribution is 2.02. The molecule has 0 aliphatic carbocycles. The van der Waals surface area contributed by atoms with Gasteiger partial charge in [-0.1, -0.05) is 0 Å². The zero-order valence-electron chi connectivity index (χ0n) is 14.9. The molecule has 0 aliphatic rings. The minimum Gasteiger partial charge on any atom is -0.480 e. The van der Waals surface area contributed by atoms with Gasteiger partial charge in [0.25, 0.3) is 0 Å². The maximum Gasteiger partial charge on any atom is 0.325 e. The molecule has 0 fully saturated rings. The van der Waals surface area contributed by atoms with Crippen molar-refractivity contribution in [2.75, 3.05) is 6.54 Å². The second-order valence-corrected chi connectivity index (χ2v) is 5.93. The first-order valence-electron chi connectivity index (χ1n) is 8.19. The van der Waals surface area contributed by atoms with E-state index in [1.807, 2.05) is 0 Å². The van der Waals surface area contributed by atoms with E-state index >= 15 is 0 Å². The molecule has 0 aromatic rings. The zero-order valence-corrected chi connectivity index (χ0v) is 14.9. The lowest BCUT2D eigenvalue weighted by atomic mass is 10.1.